The molecule has 0 fully saturated rings. The molecule has 172 valence electrons. The fourth-order valence-corrected chi connectivity index (χ4v) is 4.41. The molecular formula is C28H25NO5. The van der Waals surface area contributed by atoms with Crippen molar-refractivity contribution in [3.63, 3.8) is 0 Å². The van der Waals surface area contributed by atoms with Crippen LogP contribution in [0.3, 0.4) is 0 Å². The van der Waals surface area contributed by atoms with Crippen molar-refractivity contribution in [2.24, 2.45) is 0 Å². The molecule has 0 saturated carbocycles. The second kappa shape index (κ2) is 9.53. The third kappa shape index (κ3) is 4.08. The van der Waals surface area contributed by atoms with Gasteiger partial charge in [0.2, 0.25) is 5.76 Å². The van der Waals surface area contributed by atoms with Crippen LogP contribution in [0.1, 0.15) is 39.7 Å². The summed E-state index contributed by atoms with van der Waals surface area (Å²) in [5.74, 6) is 0.563. The lowest BCUT2D eigenvalue weighted by Gasteiger charge is -2.25. The van der Waals surface area contributed by atoms with E-state index in [-0.39, 0.29) is 17.1 Å². The van der Waals surface area contributed by atoms with E-state index in [9.17, 15) is 9.59 Å². The zero-order valence-corrected chi connectivity index (χ0v) is 18.9. The van der Waals surface area contributed by atoms with Gasteiger partial charge >= 0.3 is 0 Å². The molecule has 6 nitrogen and oxygen atoms in total. The standard InChI is InChI=1S/C28H25NO5/c1-32-17-7-16-29-25(20-12-14-21(15-13-20)33-18-19-8-3-2-4-9-19)24-26(30)22-10-5-6-11-23(22)34-27(24)28(29)31/h2-6,8-15,25H,7,16-18H2,1H3/t25-/m1/s1. The first-order chi connectivity index (χ1) is 16.7. The van der Waals surface area contributed by atoms with Crippen molar-refractivity contribution in [3.05, 3.63) is 112 Å². The number of fused-ring (bicyclic) bond motifs is 2. The first-order valence-electron chi connectivity index (χ1n) is 11.3. The van der Waals surface area contributed by atoms with Crippen LogP contribution in [-0.4, -0.2) is 31.1 Å². The third-order valence-corrected chi connectivity index (χ3v) is 6.06. The number of para-hydroxylation sites is 1. The number of carbonyl (C=O) groups excluding carboxylic acids is 1. The number of amides is 1. The van der Waals surface area contributed by atoms with Crippen LogP contribution >= 0.6 is 0 Å². The van der Waals surface area contributed by atoms with Crippen LogP contribution in [-0.2, 0) is 11.3 Å². The Hall–Kier alpha value is -3.90. The van der Waals surface area contributed by atoms with Gasteiger partial charge in [0.1, 0.15) is 17.9 Å². The number of hydrogen-bond acceptors (Lipinski definition) is 5. The fourth-order valence-electron chi connectivity index (χ4n) is 4.41. The molecule has 0 spiro atoms. The maximum atomic E-state index is 13.5. The molecule has 1 atom stereocenters. The van der Waals surface area contributed by atoms with Gasteiger partial charge in [0.25, 0.3) is 5.91 Å². The highest BCUT2D eigenvalue weighted by molar-refractivity contribution is 5.99. The largest absolute Gasteiger partial charge is 0.489 e. The van der Waals surface area contributed by atoms with Crippen molar-refractivity contribution in [2.45, 2.75) is 19.1 Å². The van der Waals surface area contributed by atoms with Gasteiger partial charge in [-0.1, -0.05) is 54.6 Å². The van der Waals surface area contributed by atoms with Gasteiger partial charge in [0.05, 0.1) is 17.0 Å². The van der Waals surface area contributed by atoms with Crippen LogP contribution in [0, 0.1) is 0 Å². The Bertz CT molecular complexity index is 1360. The van der Waals surface area contributed by atoms with E-state index in [2.05, 4.69) is 0 Å². The minimum atomic E-state index is -0.525. The molecule has 1 aromatic heterocycles. The molecule has 1 amide bonds. The lowest BCUT2D eigenvalue weighted by atomic mass is 9.98. The number of benzene rings is 3. The van der Waals surface area contributed by atoms with E-state index in [0.29, 0.717) is 48.5 Å². The fraction of sp³-hybridized carbons (Fsp3) is 0.214. The van der Waals surface area contributed by atoms with Gasteiger partial charge in [-0.3, -0.25) is 9.59 Å². The molecule has 6 heteroatoms. The molecule has 0 unspecified atom stereocenters. The molecule has 0 N–H and O–H groups in total. The first-order valence-corrected chi connectivity index (χ1v) is 11.3. The van der Waals surface area contributed by atoms with Gasteiger partial charge < -0.3 is 18.8 Å². The van der Waals surface area contributed by atoms with E-state index in [4.69, 9.17) is 13.9 Å². The zero-order chi connectivity index (χ0) is 23.5. The summed E-state index contributed by atoms with van der Waals surface area (Å²) < 4.78 is 17.0. The van der Waals surface area contributed by atoms with Crippen molar-refractivity contribution >= 4 is 16.9 Å². The second-order valence-corrected chi connectivity index (χ2v) is 8.26. The third-order valence-electron chi connectivity index (χ3n) is 6.06. The number of ether oxygens (including phenoxy) is 2. The Morgan fingerprint density at radius 3 is 2.41 bits per heavy atom. The van der Waals surface area contributed by atoms with Gasteiger partial charge in [-0.15, -0.1) is 0 Å². The van der Waals surface area contributed by atoms with Gasteiger partial charge in [-0.25, -0.2) is 0 Å². The Balaban J connectivity index is 1.49. The molecule has 0 radical (unpaired) electrons. The predicted octanol–water partition coefficient (Wildman–Crippen LogP) is 4.95. The summed E-state index contributed by atoms with van der Waals surface area (Å²) in [4.78, 5) is 28.5. The molecule has 5 rings (SSSR count). The summed E-state index contributed by atoms with van der Waals surface area (Å²) in [6, 6.07) is 24.0. The Labute approximate surface area is 197 Å². The molecule has 4 aromatic rings. The summed E-state index contributed by atoms with van der Waals surface area (Å²) in [5, 5.41) is 0.473. The van der Waals surface area contributed by atoms with E-state index >= 15 is 0 Å². The maximum Gasteiger partial charge on any atom is 0.290 e. The molecule has 1 aliphatic heterocycles. The smallest absolute Gasteiger partial charge is 0.290 e. The van der Waals surface area contributed by atoms with Gasteiger partial charge in [-0.05, 0) is 41.8 Å². The molecule has 1 aliphatic rings. The number of rotatable bonds is 8. The van der Waals surface area contributed by atoms with Crippen molar-refractivity contribution in [3.8, 4) is 5.75 Å². The number of nitrogens with zero attached hydrogens (tertiary/aromatic N) is 1. The van der Waals surface area contributed by atoms with E-state index in [0.717, 1.165) is 11.1 Å². The van der Waals surface area contributed by atoms with E-state index in [1.165, 1.54) is 0 Å². The van der Waals surface area contributed by atoms with Gasteiger partial charge in [0, 0.05) is 20.3 Å². The van der Waals surface area contributed by atoms with E-state index in [1.807, 2.05) is 54.6 Å². The molecule has 34 heavy (non-hydrogen) atoms. The highest BCUT2D eigenvalue weighted by Gasteiger charge is 2.42. The average molecular weight is 456 g/mol. The molecule has 2 heterocycles. The summed E-state index contributed by atoms with van der Waals surface area (Å²) in [6.07, 6.45) is 0.651. The van der Waals surface area contributed by atoms with E-state index < -0.39 is 6.04 Å². The number of methoxy groups -OCH3 is 1. The van der Waals surface area contributed by atoms with Crippen LogP contribution in [0.25, 0.3) is 11.0 Å². The zero-order valence-electron chi connectivity index (χ0n) is 18.9. The summed E-state index contributed by atoms with van der Waals surface area (Å²) >= 11 is 0. The van der Waals surface area contributed by atoms with Gasteiger partial charge in [-0.2, -0.15) is 0 Å². The lowest BCUT2D eigenvalue weighted by molar-refractivity contribution is 0.0708. The molecule has 3 aromatic carbocycles. The topological polar surface area (TPSA) is 69.0 Å². The summed E-state index contributed by atoms with van der Waals surface area (Å²) in [7, 11) is 1.63. The van der Waals surface area contributed by atoms with Crippen molar-refractivity contribution in [2.75, 3.05) is 20.3 Å². The number of hydrogen-bond donors (Lipinski definition) is 0. The van der Waals surface area contributed by atoms with Crippen molar-refractivity contribution in [1.82, 2.24) is 4.90 Å². The SMILES string of the molecule is COCCCN1C(=O)c2oc3ccccc3c(=O)c2[C@H]1c1ccc(OCc2ccccc2)cc1. The number of carbonyl (C=O) groups is 1. The van der Waals surface area contributed by atoms with Crippen LogP contribution in [0.15, 0.2) is 88.1 Å². The second-order valence-electron chi connectivity index (χ2n) is 8.26. The summed E-state index contributed by atoms with van der Waals surface area (Å²) in [5.41, 5.74) is 2.55. The normalized spacial score (nSPS) is 15.0. The Morgan fingerprint density at radius 2 is 1.65 bits per heavy atom. The van der Waals surface area contributed by atoms with E-state index in [1.54, 1.807) is 36.3 Å². The average Bonchev–Trinajstić information content (AvgIpc) is 3.16. The molecule has 0 bridgehead atoms. The minimum Gasteiger partial charge on any atom is -0.489 e. The monoisotopic (exact) mass is 455 g/mol. The Morgan fingerprint density at radius 1 is 0.912 bits per heavy atom. The molecule has 0 saturated heterocycles. The molecule has 0 aliphatic carbocycles. The van der Waals surface area contributed by atoms with Crippen molar-refractivity contribution in [1.29, 1.82) is 0 Å². The maximum absolute atomic E-state index is 13.5. The van der Waals surface area contributed by atoms with Crippen molar-refractivity contribution < 1.29 is 18.7 Å². The van der Waals surface area contributed by atoms with Crippen LogP contribution in [0.4, 0.5) is 0 Å². The highest BCUT2D eigenvalue weighted by Crippen LogP contribution is 2.38. The predicted molar refractivity (Wildman–Crippen MR) is 129 cm³/mol. The highest BCUT2D eigenvalue weighted by atomic mass is 16.5. The van der Waals surface area contributed by atoms with Crippen LogP contribution < -0.4 is 10.2 Å². The van der Waals surface area contributed by atoms with Crippen LogP contribution in [0.5, 0.6) is 5.75 Å². The van der Waals surface area contributed by atoms with Crippen LogP contribution in [0.2, 0.25) is 0 Å². The van der Waals surface area contributed by atoms with Gasteiger partial charge in [0.15, 0.2) is 5.43 Å². The quantitative estimate of drug-likeness (QED) is 0.352. The lowest BCUT2D eigenvalue weighted by Crippen LogP contribution is -2.31. The molecular weight excluding hydrogens is 430 g/mol. The minimum absolute atomic E-state index is 0.121. The summed E-state index contributed by atoms with van der Waals surface area (Å²) in [6.45, 7) is 1.43. The Kier molecular flexibility index (Phi) is 6.14. The first kappa shape index (κ1) is 21.9.